The molecule has 0 aliphatic carbocycles. The van der Waals surface area contributed by atoms with Gasteiger partial charge in [-0.3, -0.25) is 4.79 Å². The highest BCUT2D eigenvalue weighted by atomic mass is 35.5. The van der Waals surface area contributed by atoms with Gasteiger partial charge in [-0.2, -0.15) is 0 Å². The van der Waals surface area contributed by atoms with Crippen molar-refractivity contribution >= 4 is 28.8 Å². The monoisotopic (exact) mass is 275 g/mol. The van der Waals surface area contributed by atoms with E-state index in [0.717, 1.165) is 11.4 Å². The number of rotatable bonds is 4. The van der Waals surface area contributed by atoms with Crippen LogP contribution in [0, 0.1) is 0 Å². The Morgan fingerprint density at radius 1 is 1.21 bits per heavy atom. The van der Waals surface area contributed by atoms with Gasteiger partial charge in [0.15, 0.2) is 5.78 Å². The first kappa shape index (κ1) is 13.4. The lowest BCUT2D eigenvalue weighted by Crippen LogP contribution is -2.00. The molecule has 3 nitrogen and oxygen atoms in total. The van der Waals surface area contributed by atoms with Gasteiger partial charge in [-0.15, -0.1) is 0 Å². The average Bonchev–Trinajstić information content (AvgIpc) is 2.39. The van der Waals surface area contributed by atoms with Gasteiger partial charge in [0.05, 0.1) is 12.1 Å². The fourth-order valence-corrected chi connectivity index (χ4v) is 2.06. The Balaban J connectivity index is 2.31. The largest absolute Gasteiger partial charge is 0.495 e. The fraction of sp³-hybridized carbons (Fsp3) is 0.133. The minimum atomic E-state index is 0.0164. The minimum absolute atomic E-state index is 0.0164. The maximum atomic E-state index is 11.5. The van der Waals surface area contributed by atoms with E-state index in [1.54, 1.807) is 32.2 Å². The van der Waals surface area contributed by atoms with E-state index in [2.05, 4.69) is 5.32 Å². The quantitative estimate of drug-likeness (QED) is 0.846. The highest BCUT2D eigenvalue weighted by Gasteiger charge is 2.07. The SMILES string of the molecule is COc1ccc(Nc2ccccc2C(C)=O)cc1Cl. The van der Waals surface area contributed by atoms with Gasteiger partial charge in [-0.1, -0.05) is 23.7 Å². The van der Waals surface area contributed by atoms with Crippen molar-refractivity contribution in [3.8, 4) is 5.75 Å². The number of Topliss-reactive ketones (excluding diaryl/α,β-unsaturated/α-hetero) is 1. The second-order valence-electron chi connectivity index (χ2n) is 4.08. The molecule has 2 aromatic carbocycles. The van der Waals surface area contributed by atoms with Gasteiger partial charge < -0.3 is 10.1 Å². The molecule has 0 aliphatic heterocycles. The molecule has 0 saturated heterocycles. The van der Waals surface area contributed by atoms with Crippen molar-refractivity contribution in [3.63, 3.8) is 0 Å². The van der Waals surface area contributed by atoms with Crippen LogP contribution in [0.5, 0.6) is 5.75 Å². The molecule has 0 fully saturated rings. The second kappa shape index (κ2) is 5.76. The van der Waals surface area contributed by atoms with Gasteiger partial charge in [0.2, 0.25) is 0 Å². The van der Waals surface area contributed by atoms with Crippen molar-refractivity contribution in [1.29, 1.82) is 0 Å². The van der Waals surface area contributed by atoms with Crippen molar-refractivity contribution in [2.24, 2.45) is 0 Å². The first-order valence-electron chi connectivity index (χ1n) is 5.82. The molecule has 19 heavy (non-hydrogen) atoms. The van der Waals surface area contributed by atoms with E-state index in [1.165, 1.54) is 0 Å². The number of halogens is 1. The average molecular weight is 276 g/mol. The lowest BCUT2D eigenvalue weighted by molar-refractivity contribution is 0.101. The normalized spacial score (nSPS) is 10.1. The predicted octanol–water partition coefficient (Wildman–Crippen LogP) is 4.29. The molecule has 0 bridgehead atoms. The maximum absolute atomic E-state index is 11.5. The molecule has 0 aliphatic rings. The van der Waals surface area contributed by atoms with Gasteiger partial charge in [-0.25, -0.2) is 0 Å². The number of ketones is 1. The van der Waals surface area contributed by atoms with E-state index in [4.69, 9.17) is 16.3 Å². The van der Waals surface area contributed by atoms with E-state index in [1.807, 2.05) is 24.3 Å². The number of hydrogen-bond acceptors (Lipinski definition) is 3. The number of para-hydroxylation sites is 1. The molecular formula is C15H14ClNO2. The topological polar surface area (TPSA) is 38.3 Å². The van der Waals surface area contributed by atoms with Crippen LogP contribution in [-0.4, -0.2) is 12.9 Å². The van der Waals surface area contributed by atoms with E-state index >= 15 is 0 Å². The van der Waals surface area contributed by atoms with Crippen LogP contribution in [0.4, 0.5) is 11.4 Å². The zero-order chi connectivity index (χ0) is 13.8. The van der Waals surface area contributed by atoms with Crippen LogP contribution >= 0.6 is 11.6 Å². The summed E-state index contributed by atoms with van der Waals surface area (Å²) in [7, 11) is 1.57. The fourth-order valence-electron chi connectivity index (χ4n) is 1.80. The second-order valence-corrected chi connectivity index (χ2v) is 4.48. The maximum Gasteiger partial charge on any atom is 0.161 e. The smallest absolute Gasteiger partial charge is 0.161 e. The zero-order valence-electron chi connectivity index (χ0n) is 10.7. The van der Waals surface area contributed by atoms with Crippen molar-refractivity contribution < 1.29 is 9.53 Å². The van der Waals surface area contributed by atoms with Gasteiger partial charge in [0.1, 0.15) is 5.75 Å². The number of anilines is 2. The molecule has 0 atom stereocenters. The van der Waals surface area contributed by atoms with Crippen molar-refractivity contribution in [3.05, 3.63) is 53.1 Å². The zero-order valence-corrected chi connectivity index (χ0v) is 11.5. The standard InChI is InChI=1S/C15H14ClNO2/c1-10(18)12-5-3-4-6-14(12)17-11-7-8-15(19-2)13(16)9-11/h3-9,17H,1-2H3. The van der Waals surface area contributed by atoms with Crippen LogP contribution in [-0.2, 0) is 0 Å². The molecule has 2 rings (SSSR count). The summed E-state index contributed by atoms with van der Waals surface area (Å²) in [5.41, 5.74) is 2.21. The molecule has 2 aromatic rings. The molecule has 0 heterocycles. The lowest BCUT2D eigenvalue weighted by Gasteiger charge is -2.11. The Morgan fingerprint density at radius 2 is 1.95 bits per heavy atom. The molecule has 4 heteroatoms. The summed E-state index contributed by atoms with van der Waals surface area (Å²) in [4.78, 5) is 11.5. The number of nitrogens with one attached hydrogen (secondary N) is 1. The number of methoxy groups -OCH3 is 1. The van der Waals surface area contributed by atoms with Crippen molar-refractivity contribution in [2.45, 2.75) is 6.92 Å². The number of benzene rings is 2. The van der Waals surface area contributed by atoms with Crippen LogP contribution in [0.15, 0.2) is 42.5 Å². The molecule has 1 N–H and O–H groups in total. The van der Waals surface area contributed by atoms with Crippen LogP contribution in [0.25, 0.3) is 0 Å². The van der Waals surface area contributed by atoms with Crippen LogP contribution in [0.3, 0.4) is 0 Å². The predicted molar refractivity (Wildman–Crippen MR) is 77.7 cm³/mol. The summed E-state index contributed by atoms with van der Waals surface area (Å²) < 4.78 is 5.10. The molecule has 0 aromatic heterocycles. The Labute approximate surface area is 117 Å². The summed E-state index contributed by atoms with van der Waals surface area (Å²) in [6.45, 7) is 1.54. The highest BCUT2D eigenvalue weighted by molar-refractivity contribution is 6.32. The third kappa shape index (κ3) is 3.06. The van der Waals surface area contributed by atoms with Gasteiger partial charge in [0.25, 0.3) is 0 Å². The number of ether oxygens (including phenoxy) is 1. The molecule has 98 valence electrons. The Hall–Kier alpha value is -2.00. The molecule has 0 saturated carbocycles. The van der Waals surface area contributed by atoms with E-state index in [0.29, 0.717) is 16.3 Å². The Bertz CT molecular complexity index is 611. The highest BCUT2D eigenvalue weighted by Crippen LogP contribution is 2.29. The molecule has 0 unspecified atom stereocenters. The molecule has 0 radical (unpaired) electrons. The van der Waals surface area contributed by atoms with E-state index in [-0.39, 0.29) is 5.78 Å². The van der Waals surface area contributed by atoms with E-state index in [9.17, 15) is 4.79 Å². The van der Waals surface area contributed by atoms with Crippen LogP contribution in [0.2, 0.25) is 5.02 Å². The van der Waals surface area contributed by atoms with Crippen LogP contribution in [0.1, 0.15) is 17.3 Å². The van der Waals surface area contributed by atoms with Gasteiger partial charge in [0, 0.05) is 16.9 Å². The molecule has 0 amide bonds. The number of carbonyl (C=O) groups excluding carboxylic acids is 1. The molecular weight excluding hydrogens is 262 g/mol. The Morgan fingerprint density at radius 3 is 2.58 bits per heavy atom. The first-order chi connectivity index (χ1) is 9.11. The lowest BCUT2D eigenvalue weighted by atomic mass is 10.1. The Kier molecular flexibility index (Phi) is 4.07. The summed E-state index contributed by atoms with van der Waals surface area (Å²) in [5, 5.41) is 3.71. The minimum Gasteiger partial charge on any atom is -0.495 e. The summed E-state index contributed by atoms with van der Waals surface area (Å²) in [6, 6.07) is 12.7. The summed E-state index contributed by atoms with van der Waals surface area (Å²) in [6.07, 6.45) is 0. The number of hydrogen-bond donors (Lipinski definition) is 1. The van der Waals surface area contributed by atoms with Crippen LogP contribution < -0.4 is 10.1 Å². The van der Waals surface area contributed by atoms with E-state index < -0.39 is 0 Å². The first-order valence-corrected chi connectivity index (χ1v) is 6.20. The van der Waals surface area contributed by atoms with Crippen molar-refractivity contribution in [2.75, 3.05) is 12.4 Å². The third-order valence-electron chi connectivity index (χ3n) is 2.74. The van der Waals surface area contributed by atoms with Gasteiger partial charge in [-0.05, 0) is 37.3 Å². The summed E-state index contributed by atoms with van der Waals surface area (Å²) in [5.74, 6) is 0.634. The third-order valence-corrected chi connectivity index (χ3v) is 3.03. The van der Waals surface area contributed by atoms with Crippen molar-refractivity contribution in [1.82, 2.24) is 0 Å². The summed E-state index contributed by atoms with van der Waals surface area (Å²) >= 11 is 6.07. The van der Waals surface area contributed by atoms with Gasteiger partial charge >= 0.3 is 0 Å². The number of carbonyl (C=O) groups is 1. The molecule has 0 spiro atoms.